The second-order valence-corrected chi connectivity index (χ2v) is 1.06. The standard InChI is InChI=1S/C5H12O/c1-3-5(6)4-2/h5-6H,3-4H2,1-2H3/i1D3,2D3. The molecule has 0 bridgehead atoms. The van der Waals surface area contributed by atoms with E-state index in [9.17, 15) is 0 Å². The summed E-state index contributed by atoms with van der Waals surface area (Å²) < 4.78 is 40.6. The molecular weight excluding hydrogens is 76.1 g/mol. The van der Waals surface area contributed by atoms with E-state index in [1.165, 1.54) is 0 Å². The van der Waals surface area contributed by atoms with Gasteiger partial charge < -0.3 is 5.11 Å². The quantitative estimate of drug-likeness (QED) is 0.544. The molecule has 6 heavy (non-hydrogen) atoms. The number of aliphatic hydroxyl groups is 1. The molecule has 0 aliphatic carbocycles. The monoisotopic (exact) mass is 94.1 g/mol. The summed E-state index contributed by atoms with van der Waals surface area (Å²) in [5, 5.41) is 9.00. The van der Waals surface area contributed by atoms with Gasteiger partial charge in [-0.15, -0.1) is 0 Å². The van der Waals surface area contributed by atoms with E-state index in [2.05, 4.69) is 0 Å². The Morgan fingerprint density at radius 2 is 2.17 bits per heavy atom. The van der Waals surface area contributed by atoms with Gasteiger partial charge in [-0.25, -0.2) is 0 Å². The van der Waals surface area contributed by atoms with Gasteiger partial charge in [0, 0.05) is 8.22 Å². The molecule has 0 heterocycles. The van der Waals surface area contributed by atoms with Gasteiger partial charge in [-0.3, -0.25) is 0 Å². The maximum Gasteiger partial charge on any atom is 0.0535 e. The Balaban J connectivity index is 3.83. The lowest BCUT2D eigenvalue weighted by Crippen LogP contribution is -1.99. The van der Waals surface area contributed by atoms with Gasteiger partial charge in [0.25, 0.3) is 0 Å². The summed E-state index contributed by atoms with van der Waals surface area (Å²) in [6.45, 7) is -4.52. The van der Waals surface area contributed by atoms with Crippen LogP contribution in [-0.4, -0.2) is 11.2 Å². The Bertz CT molecular complexity index is 120. The van der Waals surface area contributed by atoms with Gasteiger partial charge in [0.05, 0.1) is 6.10 Å². The topological polar surface area (TPSA) is 20.2 Å². The summed E-state index contributed by atoms with van der Waals surface area (Å²) in [6, 6.07) is 0. The van der Waals surface area contributed by atoms with Crippen LogP contribution in [0.4, 0.5) is 0 Å². The van der Waals surface area contributed by atoms with Crippen molar-refractivity contribution in [2.75, 3.05) is 0 Å². The van der Waals surface area contributed by atoms with Gasteiger partial charge in [-0.1, -0.05) is 13.7 Å². The summed E-state index contributed by atoms with van der Waals surface area (Å²) in [5.41, 5.74) is 0. The fraction of sp³-hybridized carbons (Fsp3) is 1.00. The highest BCUT2D eigenvalue weighted by molar-refractivity contribution is 4.43. The first-order chi connectivity index (χ1) is 5.10. The lowest BCUT2D eigenvalue weighted by atomic mass is 10.2. The third-order valence-corrected chi connectivity index (χ3v) is 0.471. The zero-order valence-corrected chi connectivity index (χ0v) is 3.44. The van der Waals surface area contributed by atoms with Crippen molar-refractivity contribution in [3.05, 3.63) is 0 Å². The number of rotatable bonds is 2. The van der Waals surface area contributed by atoms with E-state index in [1.54, 1.807) is 0 Å². The average molecular weight is 94.2 g/mol. The van der Waals surface area contributed by atoms with E-state index in [-0.39, 0.29) is 0 Å². The Morgan fingerprint density at radius 1 is 1.67 bits per heavy atom. The highest BCUT2D eigenvalue weighted by Gasteiger charge is 1.90. The fourth-order valence-electron chi connectivity index (χ4n) is 0.0722. The zero-order chi connectivity index (χ0) is 9.99. The van der Waals surface area contributed by atoms with Crippen LogP contribution < -0.4 is 0 Å². The Kier molecular flexibility index (Phi) is 0.643. The first-order valence-corrected chi connectivity index (χ1v) is 1.78. The predicted molar refractivity (Wildman–Crippen MR) is 26.6 cm³/mol. The van der Waals surface area contributed by atoms with Crippen LogP contribution in [0.3, 0.4) is 0 Å². The molecule has 0 rings (SSSR count). The number of hydrogen-bond donors (Lipinski definition) is 1. The molecule has 0 radical (unpaired) electrons. The summed E-state index contributed by atoms with van der Waals surface area (Å²) in [5.74, 6) is 0. The molecule has 0 amide bonds. The largest absolute Gasteiger partial charge is 0.393 e. The highest BCUT2D eigenvalue weighted by atomic mass is 16.3. The molecule has 0 aromatic rings. The van der Waals surface area contributed by atoms with Crippen molar-refractivity contribution in [1.82, 2.24) is 0 Å². The molecule has 0 unspecified atom stereocenters. The summed E-state index contributed by atoms with van der Waals surface area (Å²) in [6.07, 6.45) is -2.21. The first kappa shape index (κ1) is 1.22. The van der Waals surface area contributed by atoms with Crippen molar-refractivity contribution in [2.45, 2.75) is 32.6 Å². The molecule has 0 aliphatic rings. The van der Waals surface area contributed by atoms with Gasteiger partial charge in [-0.2, -0.15) is 0 Å². The van der Waals surface area contributed by atoms with E-state index < -0.39 is 32.6 Å². The van der Waals surface area contributed by atoms with E-state index in [0.717, 1.165) is 0 Å². The van der Waals surface area contributed by atoms with Crippen LogP contribution in [0, 0.1) is 0 Å². The Morgan fingerprint density at radius 3 is 2.50 bits per heavy atom. The smallest absolute Gasteiger partial charge is 0.0535 e. The van der Waals surface area contributed by atoms with Gasteiger partial charge in [0.15, 0.2) is 0 Å². The molecule has 1 heteroatoms. The van der Waals surface area contributed by atoms with Crippen molar-refractivity contribution < 1.29 is 13.3 Å². The van der Waals surface area contributed by atoms with Crippen LogP contribution in [0.25, 0.3) is 0 Å². The average Bonchev–Trinajstić information content (AvgIpc) is 1.49. The normalized spacial score (nSPS) is 29.0. The van der Waals surface area contributed by atoms with E-state index >= 15 is 0 Å². The predicted octanol–water partition coefficient (Wildman–Crippen LogP) is 1.17. The third-order valence-electron chi connectivity index (χ3n) is 0.471. The molecule has 0 atom stereocenters. The first-order valence-electron chi connectivity index (χ1n) is 4.78. The van der Waals surface area contributed by atoms with E-state index in [4.69, 9.17) is 13.3 Å². The van der Waals surface area contributed by atoms with Crippen LogP contribution in [0.15, 0.2) is 0 Å². The zero-order valence-electron chi connectivity index (χ0n) is 9.44. The summed E-state index contributed by atoms with van der Waals surface area (Å²) >= 11 is 0. The van der Waals surface area contributed by atoms with Crippen LogP contribution >= 0.6 is 0 Å². The van der Waals surface area contributed by atoms with Crippen LogP contribution in [0.2, 0.25) is 0 Å². The number of aliphatic hydroxyl groups excluding tert-OH is 1. The fourth-order valence-corrected chi connectivity index (χ4v) is 0.0722. The summed E-state index contributed by atoms with van der Waals surface area (Å²) in [4.78, 5) is 0. The lowest BCUT2D eigenvalue weighted by molar-refractivity contribution is 0.166. The molecule has 1 N–H and O–H groups in total. The SMILES string of the molecule is [2H]C([2H])([2H])CC(O)CC([2H])([2H])[2H]. The Labute approximate surface area is 47.4 Å². The lowest BCUT2D eigenvalue weighted by Gasteiger charge is -1.98. The molecule has 0 fully saturated rings. The third kappa shape index (κ3) is 2.21. The van der Waals surface area contributed by atoms with Crippen molar-refractivity contribution in [3.8, 4) is 0 Å². The van der Waals surface area contributed by atoms with Gasteiger partial charge in [0.1, 0.15) is 0 Å². The van der Waals surface area contributed by atoms with Crippen LogP contribution in [0.5, 0.6) is 0 Å². The maximum absolute atomic E-state index is 9.00. The van der Waals surface area contributed by atoms with Crippen molar-refractivity contribution in [2.24, 2.45) is 0 Å². The van der Waals surface area contributed by atoms with Crippen LogP contribution in [0.1, 0.15) is 34.8 Å². The minimum atomic E-state index is -2.26. The molecule has 0 aromatic heterocycles. The minimum absolute atomic E-state index is 0.467. The second kappa shape index (κ2) is 3.16. The second-order valence-electron chi connectivity index (χ2n) is 1.06. The molecule has 0 saturated carbocycles. The van der Waals surface area contributed by atoms with Crippen LogP contribution in [-0.2, 0) is 0 Å². The maximum atomic E-state index is 9.00. The molecule has 0 saturated heterocycles. The highest BCUT2D eigenvalue weighted by Crippen LogP contribution is 1.91. The van der Waals surface area contributed by atoms with E-state index in [1.807, 2.05) is 0 Å². The summed E-state index contributed by atoms with van der Waals surface area (Å²) in [7, 11) is 0. The molecule has 0 aliphatic heterocycles. The Hall–Kier alpha value is -0.0400. The van der Waals surface area contributed by atoms with Crippen molar-refractivity contribution in [1.29, 1.82) is 0 Å². The van der Waals surface area contributed by atoms with Gasteiger partial charge in [-0.05, 0) is 12.8 Å². The van der Waals surface area contributed by atoms with Gasteiger partial charge >= 0.3 is 0 Å². The molecule has 38 valence electrons. The molecule has 1 nitrogen and oxygen atoms in total. The van der Waals surface area contributed by atoms with Crippen molar-refractivity contribution >= 4 is 0 Å². The molecule has 0 aromatic carbocycles. The molecule has 0 spiro atoms. The minimum Gasteiger partial charge on any atom is -0.393 e. The number of hydrogen-bond acceptors (Lipinski definition) is 1. The van der Waals surface area contributed by atoms with Gasteiger partial charge in [0.2, 0.25) is 0 Å². The van der Waals surface area contributed by atoms with Crippen molar-refractivity contribution in [3.63, 3.8) is 0 Å². The molecular formula is C5H12O. The van der Waals surface area contributed by atoms with E-state index in [0.29, 0.717) is 0 Å².